The summed E-state index contributed by atoms with van der Waals surface area (Å²) in [5, 5.41) is 7.13. The Labute approximate surface area is 156 Å². The van der Waals surface area contributed by atoms with Crippen LogP contribution in [-0.2, 0) is 11.3 Å². The molecule has 27 heavy (non-hydrogen) atoms. The molecule has 4 rings (SSSR count). The van der Waals surface area contributed by atoms with Gasteiger partial charge in [0.1, 0.15) is 5.69 Å². The number of nitrogens with one attached hydrogen (secondary N) is 1. The molecule has 0 aliphatic carbocycles. The van der Waals surface area contributed by atoms with Gasteiger partial charge in [0, 0.05) is 38.2 Å². The Morgan fingerprint density at radius 1 is 1.26 bits per heavy atom. The van der Waals surface area contributed by atoms with E-state index in [4.69, 9.17) is 4.74 Å². The minimum absolute atomic E-state index is 0.140. The fourth-order valence-corrected chi connectivity index (χ4v) is 3.25. The van der Waals surface area contributed by atoms with Crippen LogP contribution in [0.2, 0.25) is 0 Å². The minimum Gasteiger partial charge on any atom is -0.374 e. The first-order chi connectivity index (χ1) is 13.2. The van der Waals surface area contributed by atoms with Gasteiger partial charge in [-0.2, -0.15) is 5.10 Å². The van der Waals surface area contributed by atoms with Gasteiger partial charge in [0.15, 0.2) is 0 Å². The summed E-state index contributed by atoms with van der Waals surface area (Å²) in [5.41, 5.74) is 0.713. The van der Waals surface area contributed by atoms with Crippen molar-refractivity contribution in [3.8, 4) is 5.69 Å². The molecule has 8 heteroatoms. The number of nitrogens with zero attached hydrogens (tertiary/aromatic N) is 4. The first kappa shape index (κ1) is 17.3. The topological polar surface area (TPSA) is 85.1 Å². The Balaban J connectivity index is 1.52. The van der Waals surface area contributed by atoms with Gasteiger partial charge in [0.05, 0.1) is 18.3 Å². The standard InChI is InChI=1S/C19H21N5O3/c25-18-12-17(21-24(18)15-6-2-1-3-7-15)19(26)22-9-5-11-27-16(13-22)14-23-10-4-8-20-23/h1-4,6-8,10,12,16,21H,5,9,11,13-14H2/t16-/m0/s1. The van der Waals surface area contributed by atoms with Gasteiger partial charge in [-0.25, -0.2) is 4.68 Å². The number of carbonyl (C=O) groups excluding carboxylic acids is 1. The van der Waals surface area contributed by atoms with Gasteiger partial charge in [0.25, 0.3) is 11.5 Å². The van der Waals surface area contributed by atoms with E-state index in [1.165, 1.54) is 10.7 Å². The van der Waals surface area contributed by atoms with Gasteiger partial charge in [-0.05, 0) is 24.6 Å². The fraction of sp³-hybridized carbons (Fsp3) is 0.316. The SMILES string of the molecule is O=C(c1cc(=O)n(-c2ccccc2)[nH]1)N1CCCO[C@H](Cn2cccn2)C1. The molecule has 1 atom stereocenters. The average molecular weight is 367 g/mol. The molecule has 1 aromatic carbocycles. The van der Waals surface area contributed by atoms with Crippen LogP contribution in [0.15, 0.2) is 59.7 Å². The third-order valence-electron chi connectivity index (χ3n) is 4.55. The summed E-state index contributed by atoms with van der Waals surface area (Å²) in [5.74, 6) is -0.197. The predicted molar refractivity (Wildman–Crippen MR) is 98.9 cm³/mol. The molecule has 0 saturated carbocycles. The summed E-state index contributed by atoms with van der Waals surface area (Å²) in [6, 6.07) is 12.4. The maximum absolute atomic E-state index is 13.0. The monoisotopic (exact) mass is 367 g/mol. The van der Waals surface area contributed by atoms with E-state index in [-0.39, 0.29) is 23.3 Å². The fourth-order valence-electron chi connectivity index (χ4n) is 3.25. The molecule has 1 fully saturated rings. The third kappa shape index (κ3) is 3.85. The molecule has 1 N–H and O–H groups in total. The lowest BCUT2D eigenvalue weighted by molar-refractivity contribution is 0.0365. The van der Waals surface area contributed by atoms with Crippen LogP contribution in [0, 0.1) is 0 Å². The highest BCUT2D eigenvalue weighted by Gasteiger charge is 2.25. The Hall–Kier alpha value is -3.13. The van der Waals surface area contributed by atoms with Gasteiger partial charge in [-0.15, -0.1) is 0 Å². The van der Waals surface area contributed by atoms with Crippen LogP contribution in [0.1, 0.15) is 16.9 Å². The molecule has 3 heterocycles. The molecule has 8 nitrogen and oxygen atoms in total. The van der Waals surface area contributed by atoms with Crippen molar-refractivity contribution in [1.29, 1.82) is 0 Å². The molecule has 140 valence electrons. The number of amides is 1. The zero-order chi connectivity index (χ0) is 18.6. The number of aromatic nitrogens is 4. The zero-order valence-corrected chi connectivity index (χ0v) is 14.8. The summed E-state index contributed by atoms with van der Waals surface area (Å²) in [6.45, 7) is 2.22. The molecule has 0 bridgehead atoms. The number of rotatable bonds is 4. The van der Waals surface area contributed by atoms with E-state index >= 15 is 0 Å². The second-order valence-electron chi connectivity index (χ2n) is 6.50. The highest BCUT2D eigenvalue weighted by Crippen LogP contribution is 2.12. The summed E-state index contributed by atoms with van der Waals surface area (Å²) in [7, 11) is 0. The summed E-state index contributed by atoms with van der Waals surface area (Å²) in [6.07, 6.45) is 4.21. The van der Waals surface area contributed by atoms with Crippen LogP contribution in [-0.4, -0.2) is 56.2 Å². The number of carbonyl (C=O) groups is 1. The number of H-pyrrole nitrogens is 1. The Morgan fingerprint density at radius 3 is 2.89 bits per heavy atom. The van der Waals surface area contributed by atoms with E-state index in [1.807, 2.05) is 42.6 Å². The molecule has 1 saturated heterocycles. The van der Waals surface area contributed by atoms with Gasteiger partial charge in [0.2, 0.25) is 0 Å². The first-order valence-electron chi connectivity index (χ1n) is 8.96. The van der Waals surface area contributed by atoms with Crippen LogP contribution in [0.3, 0.4) is 0 Å². The van der Waals surface area contributed by atoms with E-state index in [9.17, 15) is 9.59 Å². The van der Waals surface area contributed by atoms with Crippen LogP contribution in [0.25, 0.3) is 5.69 Å². The molecule has 3 aromatic rings. The second-order valence-corrected chi connectivity index (χ2v) is 6.50. The quantitative estimate of drug-likeness (QED) is 0.753. The van der Waals surface area contributed by atoms with E-state index in [2.05, 4.69) is 10.2 Å². The number of ether oxygens (including phenoxy) is 1. The largest absolute Gasteiger partial charge is 0.374 e. The molecular weight excluding hydrogens is 346 g/mol. The lowest BCUT2D eigenvalue weighted by Crippen LogP contribution is -2.38. The van der Waals surface area contributed by atoms with E-state index < -0.39 is 0 Å². The molecule has 1 aliphatic rings. The van der Waals surface area contributed by atoms with Crippen molar-refractivity contribution in [3.63, 3.8) is 0 Å². The number of aromatic amines is 1. The van der Waals surface area contributed by atoms with Gasteiger partial charge in [-0.1, -0.05) is 18.2 Å². The lowest BCUT2D eigenvalue weighted by Gasteiger charge is -2.23. The number of hydrogen-bond acceptors (Lipinski definition) is 4. The third-order valence-corrected chi connectivity index (χ3v) is 4.55. The van der Waals surface area contributed by atoms with E-state index in [0.29, 0.717) is 31.9 Å². The number of hydrogen-bond donors (Lipinski definition) is 1. The van der Waals surface area contributed by atoms with Crippen molar-refractivity contribution in [2.75, 3.05) is 19.7 Å². The maximum atomic E-state index is 13.0. The van der Waals surface area contributed by atoms with Crippen molar-refractivity contribution in [2.45, 2.75) is 19.1 Å². The zero-order valence-electron chi connectivity index (χ0n) is 14.8. The van der Waals surface area contributed by atoms with Crippen LogP contribution in [0.4, 0.5) is 0 Å². The van der Waals surface area contributed by atoms with Gasteiger partial charge in [-0.3, -0.25) is 19.4 Å². The number of para-hydroxylation sites is 1. The van der Waals surface area contributed by atoms with E-state index in [0.717, 1.165) is 6.42 Å². The van der Waals surface area contributed by atoms with Crippen LogP contribution < -0.4 is 5.56 Å². The van der Waals surface area contributed by atoms with E-state index in [1.54, 1.807) is 15.8 Å². The van der Waals surface area contributed by atoms with Crippen molar-refractivity contribution in [2.24, 2.45) is 0 Å². The molecule has 2 aromatic heterocycles. The molecule has 0 spiro atoms. The summed E-state index contributed by atoms with van der Waals surface area (Å²) < 4.78 is 9.03. The molecule has 1 aliphatic heterocycles. The highest BCUT2D eigenvalue weighted by atomic mass is 16.5. The Kier molecular flexibility index (Phi) is 4.88. The lowest BCUT2D eigenvalue weighted by atomic mass is 10.3. The second kappa shape index (κ2) is 7.63. The predicted octanol–water partition coefficient (Wildman–Crippen LogP) is 1.29. The molecule has 1 amide bonds. The Morgan fingerprint density at radius 2 is 2.11 bits per heavy atom. The first-order valence-corrected chi connectivity index (χ1v) is 8.96. The highest BCUT2D eigenvalue weighted by molar-refractivity contribution is 5.92. The molecular formula is C19H21N5O3. The Bertz CT molecular complexity index is 945. The minimum atomic E-state index is -0.260. The van der Waals surface area contributed by atoms with Crippen molar-refractivity contribution >= 4 is 5.91 Å². The maximum Gasteiger partial charge on any atom is 0.272 e. The average Bonchev–Trinajstić information content (AvgIpc) is 3.27. The normalized spacial score (nSPS) is 17.6. The van der Waals surface area contributed by atoms with Crippen LogP contribution in [0.5, 0.6) is 0 Å². The number of benzene rings is 1. The van der Waals surface area contributed by atoms with Crippen molar-refractivity contribution < 1.29 is 9.53 Å². The van der Waals surface area contributed by atoms with Crippen molar-refractivity contribution in [3.05, 3.63) is 70.9 Å². The van der Waals surface area contributed by atoms with Crippen molar-refractivity contribution in [1.82, 2.24) is 24.5 Å². The van der Waals surface area contributed by atoms with Gasteiger partial charge >= 0.3 is 0 Å². The molecule has 0 radical (unpaired) electrons. The summed E-state index contributed by atoms with van der Waals surface area (Å²) >= 11 is 0. The smallest absolute Gasteiger partial charge is 0.272 e. The van der Waals surface area contributed by atoms with Crippen LogP contribution >= 0.6 is 0 Å². The summed E-state index contributed by atoms with van der Waals surface area (Å²) in [4.78, 5) is 27.0. The molecule has 0 unspecified atom stereocenters. The van der Waals surface area contributed by atoms with Gasteiger partial charge < -0.3 is 9.64 Å².